The van der Waals surface area contributed by atoms with Crippen LogP contribution in [0.25, 0.3) is 11.0 Å². The maximum absolute atomic E-state index is 12.6. The highest BCUT2D eigenvalue weighted by molar-refractivity contribution is 8.00. The molecule has 0 saturated carbocycles. The maximum atomic E-state index is 12.6. The van der Waals surface area contributed by atoms with Crippen LogP contribution in [0.5, 0.6) is 0 Å². The van der Waals surface area contributed by atoms with E-state index in [1.54, 1.807) is 6.92 Å². The van der Waals surface area contributed by atoms with Crippen LogP contribution in [0.2, 0.25) is 5.02 Å². The first kappa shape index (κ1) is 21.6. The molecule has 7 nitrogen and oxygen atoms in total. The number of rotatable bonds is 7. The quantitative estimate of drug-likeness (QED) is 0.529. The molecular formula is C19H21ClN4O3S2. The summed E-state index contributed by atoms with van der Waals surface area (Å²) in [4.78, 5) is 17.2. The first-order chi connectivity index (χ1) is 13.7. The highest BCUT2D eigenvalue weighted by Crippen LogP contribution is 2.29. The van der Waals surface area contributed by atoms with Gasteiger partial charge < -0.3 is 9.88 Å². The first-order valence-corrected chi connectivity index (χ1v) is 11.8. The molecule has 10 heteroatoms. The Hall–Kier alpha value is -2.07. The molecule has 1 aromatic heterocycles. The van der Waals surface area contributed by atoms with Crippen molar-refractivity contribution in [3.8, 4) is 0 Å². The Morgan fingerprint density at radius 1 is 1.28 bits per heavy atom. The summed E-state index contributed by atoms with van der Waals surface area (Å²) in [6.07, 6.45) is 0.929. The van der Waals surface area contributed by atoms with Crippen LogP contribution in [0.15, 0.2) is 52.5 Å². The molecule has 3 N–H and O–H groups in total. The lowest BCUT2D eigenvalue weighted by Crippen LogP contribution is -2.23. The number of carbonyl (C=O) groups is 1. The number of carbonyl (C=O) groups excluding carboxylic acids is 1. The Morgan fingerprint density at radius 3 is 2.59 bits per heavy atom. The molecule has 3 aromatic rings. The van der Waals surface area contributed by atoms with Crippen molar-refractivity contribution in [3.05, 3.63) is 47.5 Å². The average molecular weight is 453 g/mol. The molecule has 0 radical (unpaired) electrons. The zero-order valence-corrected chi connectivity index (χ0v) is 18.3. The lowest BCUT2D eigenvalue weighted by atomic mass is 10.3. The fraction of sp³-hybridized carbons (Fsp3) is 0.263. The third-order valence-electron chi connectivity index (χ3n) is 4.22. The van der Waals surface area contributed by atoms with Crippen molar-refractivity contribution in [2.75, 3.05) is 5.32 Å². The standard InChI is InChI=1S/C19H21ClN4O3S2/c1-3-10-24-17-9-4-13(20)11-16(17)23-19(24)28-12(2)18(25)22-14-5-7-15(8-6-14)29(21,26)27/h4-9,11-12H,3,10H2,1-2H3,(H,22,25)(H2,21,26,27)/t12-/m1/s1. The van der Waals surface area contributed by atoms with E-state index in [0.717, 1.165) is 29.2 Å². The molecule has 0 aliphatic rings. The van der Waals surface area contributed by atoms with Crippen LogP contribution >= 0.6 is 23.4 Å². The number of imidazole rings is 1. The number of hydrogen-bond donors (Lipinski definition) is 2. The van der Waals surface area contributed by atoms with E-state index in [0.29, 0.717) is 10.7 Å². The van der Waals surface area contributed by atoms with Crippen LogP contribution in [0.4, 0.5) is 5.69 Å². The topological polar surface area (TPSA) is 107 Å². The SMILES string of the molecule is CCCn1c(S[C@H](C)C(=O)Nc2ccc(S(N)(=O)=O)cc2)nc2cc(Cl)ccc21. The molecule has 1 atom stereocenters. The third-order valence-corrected chi connectivity index (χ3v) is 6.48. The van der Waals surface area contributed by atoms with Gasteiger partial charge in [0.2, 0.25) is 15.9 Å². The van der Waals surface area contributed by atoms with Crippen LogP contribution in [0.1, 0.15) is 20.3 Å². The largest absolute Gasteiger partial charge is 0.325 e. The summed E-state index contributed by atoms with van der Waals surface area (Å²) in [7, 11) is -3.77. The van der Waals surface area contributed by atoms with Gasteiger partial charge in [-0.1, -0.05) is 30.3 Å². The van der Waals surface area contributed by atoms with Crippen LogP contribution in [0, 0.1) is 0 Å². The smallest absolute Gasteiger partial charge is 0.238 e. The van der Waals surface area contributed by atoms with E-state index in [-0.39, 0.29) is 10.8 Å². The molecule has 1 heterocycles. The molecule has 0 unspecified atom stereocenters. The molecule has 1 amide bonds. The lowest BCUT2D eigenvalue weighted by Gasteiger charge is -2.13. The summed E-state index contributed by atoms with van der Waals surface area (Å²) in [6, 6.07) is 11.3. The monoisotopic (exact) mass is 452 g/mol. The number of nitrogens with one attached hydrogen (secondary N) is 1. The Balaban J connectivity index is 1.76. The fourth-order valence-electron chi connectivity index (χ4n) is 2.79. The number of amides is 1. The molecule has 2 aromatic carbocycles. The molecule has 0 bridgehead atoms. The number of aromatic nitrogens is 2. The number of halogens is 1. The minimum Gasteiger partial charge on any atom is -0.325 e. The Labute approximate surface area is 178 Å². The second kappa shape index (κ2) is 8.74. The third kappa shape index (κ3) is 5.11. The van der Waals surface area contributed by atoms with Gasteiger partial charge in [0.15, 0.2) is 5.16 Å². The molecule has 0 fully saturated rings. The minimum absolute atomic E-state index is 0.00938. The Bertz CT molecular complexity index is 1140. The highest BCUT2D eigenvalue weighted by atomic mass is 35.5. The van der Waals surface area contributed by atoms with Gasteiger partial charge in [-0.25, -0.2) is 18.5 Å². The first-order valence-electron chi connectivity index (χ1n) is 8.95. The molecular weight excluding hydrogens is 432 g/mol. The van der Waals surface area contributed by atoms with Crippen molar-refractivity contribution in [1.82, 2.24) is 9.55 Å². The van der Waals surface area contributed by atoms with Crippen LogP contribution in [-0.2, 0) is 21.4 Å². The molecule has 3 rings (SSSR count). The summed E-state index contributed by atoms with van der Waals surface area (Å²) in [5.41, 5.74) is 2.26. The van der Waals surface area contributed by atoms with Crippen molar-refractivity contribution in [1.29, 1.82) is 0 Å². The van der Waals surface area contributed by atoms with E-state index in [1.807, 2.05) is 18.2 Å². The van der Waals surface area contributed by atoms with E-state index in [9.17, 15) is 13.2 Å². The van der Waals surface area contributed by atoms with E-state index in [2.05, 4.69) is 21.8 Å². The van der Waals surface area contributed by atoms with E-state index in [4.69, 9.17) is 16.7 Å². The Kier molecular flexibility index (Phi) is 6.52. The summed E-state index contributed by atoms with van der Waals surface area (Å²) in [5.74, 6) is -0.216. The summed E-state index contributed by atoms with van der Waals surface area (Å²) >= 11 is 7.43. The zero-order chi connectivity index (χ0) is 21.2. The maximum Gasteiger partial charge on any atom is 0.238 e. The number of fused-ring (bicyclic) bond motifs is 1. The van der Waals surface area contributed by atoms with Crippen molar-refractivity contribution in [3.63, 3.8) is 0 Å². The molecule has 29 heavy (non-hydrogen) atoms. The van der Waals surface area contributed by atoms with E-state index in [1.165, 1.54) is 36.0 Å². The second-order valence-corrected chi connectivity index (χ2v) is 9.80. The number of anilines is 1. The number of aryl methyl sites for hydroxylation is 1. The number of nitrogens with zero attached hydrogens (tertiary/aromatic N) is 2. The highest BCUT2D eigenvalue weighted by Gasteiger charge is 2.20. The van der Waals surface area contributed by atoms with Gasteiger partial charge in [0.05, 0.1) is 21.2 Å². The molecule has 154 valence electrons. The van der Waals surface area contributed by atoms with Gasteiger partial charge in [0.1, 0.15) is 0 Å². The van der Waals surface area contributed by atoms with Gasteiger partial charge >= 0.3 is 0 Å². The van der Waals surface area contributed by atoms with Crippen LogP contribution < -0.4 is 10.5 Å². The number of hydrogen-bond acceptors (Lipinski definition) is 5. The van der Waals surface area contributed by atoms with Crippen molar-refractivity contribution >= 4 is 56.0 Å². The average Bonchev–Trinajstić information content (AvgIpc) is 2.98. The van der Waals surface area contributed by atoms with Crippen LogP contribution in [-0.4, -0.2) is 29.1 Å². The summed E-state index contributed by atoms with van der Waals surface area (Å²) in [6.45, 7) is 4.66. The number of thioether (sulfide) groups is 1. The fourth-order valence-corrected chi connectivity index (χ4v) is 4.43. The van der Waals surface area contributed by atoms with Gasteiger partial charge in [-0.2, -0.15) is 0 Å². The van der Waals surface area contributed by atoms with Gasteiger partial charge in [-0.05, 0) is 55.8 Å². The number of sulfonamides is 1. The molecule has 0 aliphatic heterocycles. The number of primary sulfonamides is 1. The Morgan fingerprint density at radius 2 is 1.97 bits per heavy atom. The molecule has 0 spiro atoms. The van der Waals surface area contributed by atoms with Crippen molar-refractivity contribution in [2.45, 2.75) is 42.1 Å². The number of benzene rings is 2. The second-order valence-electron chi connectivity index (χ2n) is 6.50. The minimum atomic E-state index is -3.77. The van der Waals surface area contributed by atoms with Gasteiger partial charge in [0.25, 0.3) is 0 Å². The van der Waals surface area contributed by atoms with E-state index < -0.39 is 15.3 Å². The molecule has 0 aliphatic carbocycles. The predicted molar refractivity (Wildman–Crippen MR) is 117 cm³/mol. The normalized spacial score (nSPS) is 12.8. The molecule has 0 saturated heterocycles. The number of nitrogens with two attached hydrogens (primary N) is 1. The van der Waals surface area contributed by atoms with Crippen molar-refractivity contribution in [2.24, 2.45) is 5.14 Å². The van der Waals surface area contributed by atoms with Crippen molar-refractivity contribution < 1.29 is 13.2 Å². The van der Waals surface area contributed by atoms with Gasteiger partial charge in [-0.15, -0.1) is 0 Å². The predicted octanol–water partition coefficient (Wildman–Crippen LogP) is 3.87. The lowest BCUT2D eigenvalue weighted by molar-refractivity contribution is -0.115. The van der Waals surface area contributed by atoms with Gasteiger partial charge in [-0.3, -0.25) is 4.79 Å². The summed E-state index contributed by atoms with van der Waals surface area (Å²) < 4.78 is 24.7. The zero-order valence-electron chi connectivity index (χ0n) is 15.9. The van der Waals surface area contributed by atoms with Gasteiger partial charge in [0, 0.05) is 17.3 Å². The van der Waals surface area contributed by atoms with Crippen LogP contribution in [0.3, 0.4) is 0 Å². The van der Waals surface area contributed by atoms with E-state index >= 15 is 0 Å². The summed E-state index contributed by atoms with van der Waals surface area (Å²) in [5, 5.41) is 8.81.